The third kappa shape index (κ3) is 3.55. The van der Waals surface area contributed by atoms with Crippen LogP contribution in [0.4, 0.5) is 0 Å². The first-order valence-corrected chi connectivity index (χ1v) is 6.19. The predicted octanol–water partition coefficient (Wildman–Crippen LogP) is 0.363. The summed E-state index contributed by atoms with van der Waals surface area (Å²) < 4.78 is 0. The molecule has 5 nitrogen and oxygen atoms in total. The number of rotatable bonds is 5. The van der Waals surface area contributed by atoms with E-state index in [0.29, 0.717) is 19.5 Å². The lowest BCUT2D eigenvalue weighted by molar-refractivity contribution is -0.133. The topological polar surface area (TPSA) is 62.3 Å². The lowest BCUT2D eigenvalue weighted by atomic mass is 10.2. The Bertz CT molecular complexity index is 420. The van der Waals surface area contributed by atoms with Crippen LogP contribution in [0.2, 0.25) is 0 Å². The van der Waals surface area contributed by atoms with Crippen molar-refractivity contribution in [3.8, 4) is 0 Å². The molecular weight excluding hydrogens is 230 g/mol. The van der Waals surface area contributed by atoms with Gasteiger partial charge in [0, 0.05) is 31.9 Å². The van der Waals surface area contributed by atoms with Gasteiger partial charge in [-0.05, 0) is 24.5 Å². The van der Waals surface area contributed by atoms with Crippen LogP contribution in [-0.4, -0.2) is 41.3 Å². The second kappa shape index (κ2) is 6.14. The molecule has 0 radical (unpaired) electrons. The zero-order valence-electron chi connectivity index (χ0n) is 10.3. The maximum Gasteiger partial charge on any atom is 0.239 e. The molecule has 0 unspecified atom stereocenters. The van der Waals surface area contributed by atoms with E-state index in [4.69, 9.17) is 0 Å². The van der Waals surface area contributed by atoms with E-state index in [1.807, 2.05) is 12.1 Å². The van der Waals surface area contributed by atoms with Crippen LogP contribution in [0.3, 0.4) is 0 Å². The Hall–Kier alpha value is -1.91. The summed E-state index contributed by atoms with van der Waals surface area (Å²) in [5, 5.41) is 2.82. The number of hydrogen-bond donors (Lipinski definition) is 1. The zero-order valence-corrected chi connectivity index (χ0v) is 10.3. The van der Waals surface area contributed by atoms with Crippen molar-refractivity contribution in [1.82, 2.24) is 15.2 Å². The van der Waals surface area contributed by atoms with Gasteiger partial charge in [0.1, 0.15) is 0 Å². The third-order valence-corrected chi connectivity index (χ3v) is 2.96. The summed E-state index contributed by atoms with van der Waals surface area (Å²) in [6, 6.07) is 3.85. The molecule has 5 heteroatoms. The largest absolute Gasteiger partial charge is 0.354 e. The molecule has 0 aliphatic carbocycles. The SMILES string of the molecule is O=C(CN1CCCC1=O)NCCc1cccnc1. The van der Waals surface area contributed by atoms with Crippen molar-refractivity contribution in [2.24, 2.45) is 0 Å². The fraction of sp³-hybridized carbons (Fsp3) is 0.462. The number of amides is 2. The molecule has 1 saturated heterocycles. The number of aromatic nitrogens is 1. The Labute approximate surface area is 106 Å². The Morgan fingerprint density at radius 1 is 1.50 bits per heavy atom. The predicted molar refractivity (Wildman–Crippen MR) is 66.8 cm³/mol. The summed E-state index contributed by atoms with van der Waals surface area (Å²) in [6.07, 6.45) is 5.70. The fourth-order valence-electron chi connectivity index (χ4n) is 1.99. The van der Waals surface area contributed by atoms with E-state index in [1.165, 1.54) is 0 Å². The van der Waals surface area contributed by atoms with Crippen LogP contribution in [0.15, 0.2) is 24.5 Å². The van der Waals surface area contributed by atoms with Crippen LogP contribution in [0, 0.1) is 0 Å². The molecule has 1 fully saturated rings. The molecule has 1 aliphatic rings. The molecular formula is C13H17N3O2. The minimum Gasteiger partial charge on any atom is -0.354 e. The Balaban J connectivity index is 1.67. The van der Waals surface area contributed by atoms with Gasteiger partial charge in [-0.3, -0.25) is 14.6 Å². The standard InChI is InChI=1S/C13H17N3O2/c17-12(10-16-8-2-4-13(16)18)15-7-5-11-3-1-6-14-9-11/h1,3,6,9H,2,4-5,7-8,10H2,(H,15,17). The summed E-state index contributed by atoms with van der Waals surface area (Å²) in [4.78, 5) is 28.6. The Morgan fingerprint density at radius 3 is 3.06 bits per heavy atom. The quantitative estimate of drug-likeness (QED) is 0.817. The van der Waals surface area contributed by atoms with Crippen LogP contribution >= 0.6 is 0 Å². The molecule has 2 heterocycles. The highest BCUT2D eigenvalue weighted by atomic mass is 16.2. The number of hydrogen-bond acceptors (Lipinski definition) is 3. The van der Waals surface area contributed by atoms with Crippen molar-refractivity contribution >= 4 is 11.8 Å². The maximum absolute atomic E-state index is 11.6. The lowest BCUT2D eigenvalue weighted by Gasteiger charge is -2.14. The van der Waals surface area contributed by atoms with Gasteiger partial charge in [-0.25, -0.2) is 0 Å². The first-order valence-electron chi connectivity index (χ1n) is 6.19. The van der Waals surface area contributed by atoms with E-state index in [9.17, 15) is 9.59 Å². The number of nitrogens with zero attached hydrogens (tertiary/aromatic N) is 2. The number of pyridine rings is 1. The van der Waals surface area contributed by atoms with Crippen LogP contribution in [0.5, 0.6) is 0 Å². The van der Waals surface area contributed by atoms with Crippen LogP contribution in [0.25, 0.3) is 0 Å². The molecule has 0 spiro atoms. The minimum atomic E-state index is -0.0888. The first kappa shape index (κ1) is 12.5. The van der Waals surface area contributed by atoms with Crippen molar-refractivity contribution in [1.29, 1.82) is 0 Å². The van der Waals surface area contributed by atoms with Crippen molar-refractivity contribution in [2.75, 3.05) is 19.6 Å². The molecule has 2 amide bonds. The van der Waals surface area contributed by atoms with Gasteiger partial charge in [0.2, 0.25) is 11.8 Å². The van der Waals surface area contributed by atoms with Crippen molar-refractivity contribution in [2.45, 2.75) is 19.3 Å². The minimum absolute atomic E-state index is 0.0809. The molecule has 0 aromatic carbocycles. The number of carbonyl (C=O) groups excluding carboxylic acids is 2. The average Bonchev–Trinajstić information content (AvgIpc) is 2.76. The van der Waals surface area contributed by atoms with Gasteiger partial charge >= 0.3 is 0 Å². The van der Waals surface area contributed by atoms with Crippen LogP contribution in [-0.2, 0) is 16.0 Å². The van der Waals surface area contributed by atoms with Crippen molar-refractivity contribution in [3.63, 3.8) is 0 Å². The van der Waals surface area contributed by atoms with E-state index in [1.54, 1.807) is 17.3 Å². The Morgan fingerprint density at radius 2 is 2.39 bits per heavy atom. The summed E-state index contributed by atoms with van der Waals surface area (Å²) in [6.45, 7) is 1.47. The molecule has 2 rings (SSSR count). The van der Waals surface area contributed by atoms with Crippen molar-refractivity contribution < 1.29 is 9.59 Å². The lowest BCUT2D eigenvalue weighted by Crippen LogP contribution is -2.38. The number of nitrogens with one attached hydrogen (secondary N) is 1. The molecule has 1 aliphatic heterocycles. The van der Waals surface area contributed by atoms with E-state index in [-0.39, 0.29) is 18.4 Å². The monoisotopic (exact) mass is 247 g/mol. The molecule has 0 bridgehead atoms. The summed E-state index contributed by atoms with van der Waals surface area (Å²) in [5.41, 5.74) is 1.09. The smallest absolute Gasteiger partial charge is 0.239 e. The number of carbonyl (C=O) groups is 2. The number of likely N-dealkylation sites (tertiary alicyclic amines) is 1. The van der Waals surface area contributed by atoms with Gasteiger partial charge in [-0.15, -0.1) is 0 Å². The average molecular weight is 247 g/mol. The molecule has 0 atom stereocenters. The van der Waals surface area contributed by atoms with Crippen LogP contribution in [0.1, 0.15) is 18.4 Å². The first-order chi connectivity index (χ1) is 8.75. The zero-order chi connectivity index (χ0) is 12.8. The Kier molecular flexibility index (Phi) is 4.28. The third-order valence-electron chi connectivity index (χ3n) is 2.96. The highest BCUT2D eigenvalue weighted by molar-refractivity contribution is 5.85. The van der Waals surface area contributed by atoms with E-state index in [2.05, 4.69) is 10.3 Å². The fourth-order valence-corrected chi connectivity index (χ4v) is 1.99. The van der Waals surface area contributed by atoms with Gasteiger partial charge in [0.25, 0.3) is 0 Å². The molecule has 18 heavy (non-hydrogen) atoms. The summed E-state index contributed by atoms with van der Waals surface area (Å²) >= 11 is 0. The molecule has 1 N–H and O–H groups in total. The second-order valence-electron chi connectivity index (χ2n) is 4.38. The van der Waals surface area contributed by atoms with Gasteiger partial charge < -0.3 is 10.2 Å². The van der Waals surface area contributed by atoms with E-state index in [0.717, 1.165) is 18.4 Å². The normalized spacial score (nSPS) is 14.9. The van der Waals surface area contributed by atoms with Crippen molar-refractivity contribution in [3.05, 3.63) is 30.1 Å². The van der Waals surface area contributed by atoms with Gasteiger partial charge in [-0.1, -0.05) is 6.07 Å². The molecule has 1 aromatic rings. The van der Waals surface area contributed by atoms with E-state index < -0.39 is 0 Å². The van der Waals surface area contributed by atoms with Crippen LogP contribution < -0.4 is 5.32 Å². The molecule has 96 valence electrons. The summed E-state index contributed by atoms with van der Waals surface area (Å²) in [5.74, 6) is -0.00782. The second-order valence-corrected chi connectivity index (χ2v) is 4.38. The maximum atomic E-state index is 11.6. The highest BCUT2D eigenvalue weighted by Gasteiger charge is 2.21. The van der Waals surface area contributed by atoms with Gasteiger partial charge in [0.05, 0.1) is 6.54 Å². The van der Waals surface area contributed by atoms with Gasteiger partial charge in [-0.2, -0.15) is 0 Å². The molecule has 1 aromatic heterocycles. The summed E-state index contributed by atoms with van der Waals surface area (Å²) in [7, 11) is 0. The van der Waals surface area contributed by atoms with Gasteiger partial charge in [0.15, 0.2) is 0 Å². The van der Waals surface area contributed by atoms with E-state index >= 15 is 0 Å². The molecule has 0 saturated carbocycles. The highest BCUT2D eigenvalue weighted by Crippen LogP contribution is 2.08.